The van der Waals surface area contributed by atoms with E-state index in [4.69, 9.17) is 19.5 Å². The average molecular weight is 594 g/mol. The summed E-state index contributed by atoms with van der Waals surface area (Å²) in [4.78, 5) is 38.4. The van der Waals surface area contributed by atoms with Crippen LogP contribution in [0.3, 0.4) is 0 Å². The minimum atomic E-state index is -0.584. The van der Waals surface area contributed by atoms with Gasteiger partial charge in [0.05, 0.1) is 25.0 Å². The summed E-state index contributed by atoms with van der Waals surface area (Å²) < 4.78 is 14.9. The zero-order chi connectivity index (χ0) is 30.8. The summed E-state index contributed by atoms with van der Waals surface area (Å²) in [6, 6.07) is 15.1. The van der Waals surface area contributed by atoms with E-state index >= 15 is 0 Å². The van der Waals surface area contributed by atoms with Gasteiger partial charge in [0.2, 0.25) is 5.95 Å². The smallest absolute Gasteiger partial charge is 0.407 e. The molecule has 44 heavy (non-hydrogen) atoms. The molecule has 0 radical (unpaired) electrons. The monoisotopic (exact) mass is 593 g/mol. The lowest BCUT2D eigenvalue weighted by Crippen LogP contribution is -2.49. The van der Waals surface area contributed by atoms with E-state index in [1.807, 2.05) is 73.9 Å². The highest BCUT2D eigenvalue weighted by atomic mass is 16.6. The van der Waals surface area contributed by atoms with Crippen molar-refractivity contribution in [1.82, 2.24) is 24.6 Å². The van der Waals surface area contributed by atoms with Crippen LogP contribution in [0.4, 0.5) is 16.4 Å². The lowest BCUT2D eigenvalue weighted by molar-refractivity contribution is 0.0499. The van der Waals surface area contributed by atoms with Gasteiger partial charge in [-0.25, -0.2) is 19.5 Å². The second-order valence-electron chi connectivity index (χ2n) is 11.8. The van der Waals surface area contributed by atoms with Crippen LogP contribution in [-0.4, -0.2) is 55.9 Å². The van der Waals surface area contributed by atoms with E-state index in [1.165, 1.54) is 4.68 Å². The van der Waals surface area contributed by atoms with Crippen molar-refractivity contribution in [2.75, 3.05) is 18.0 Å². The maximum atomic E-state index is 14.1. The van der Waals surface area contributed by atoms with E-state index in [2.05, 4.69) is 27.2 Å². The molecule has 1 N–H and O–H groups in total. The lowest BCUT2D eigenvalue weighted by atomic mass is 10.1. The molecule has 11 heteroatoms. The van der Waals surface area contributed by atoms with Gasteiger partial charge in [-0.2, -0.15) is 5.10 Å². The number of nitrogens with zero attached hydrogens (tertiary/aromatic N) is 6. The molecule has 0 saturated carbocycles. The highest BCUT2D eigenvalue weighted by Crippen LogP contribution is 2.37. The van der Waals surface area contributed by atoms with E-state index in [9.17, 15) is 9.59 Å². The number of aromatic nitrogens is 4. The van der Waals surface area contributed by atoms with Crippen molar-refractivity contribution in [2.45, 2.75) is 65.3 Å². The number of nitrogens with one attached hydrogen (secondary N) is 1. The zero-order valence-electron chi connectivity index (χ0n) is 25.3. The van der Waals surface area contributed by atoms with Crippen LogP contribution in [0.5, 0.6) is 11.5 Å². The number of rotatable bonds is 5. The van der Waals surface area contributed by atoms with Crippen molar-refractivity contribution in [3.05, 3.63) is 70.6 Å². The average Bonchev–Trinajstić information content (AvgIpc) is 3.28. The van der Waals surface area contributed by atoms with E-state index in [-0.39, 0.29) is 24.7 Å². The third-order valence-electron chi connectivity index (χ3n) is 7.41. The van der Waals surface area contributed by atoms with Crippen LogP contribution < -0.4 is 20.5 Å². The number of piperidine rings is 1. The van der Waals surface area contributed by atoms with Gasteiger partial charge in [0.25, 0.3) is 5.56 Å². The van der Waals surface area contributed by atoms with Crippen LogP contribution in [0.25, 0.3) is 11.0 Å². The van der Waals surface area contributed by atoms with Gasteiger partial charge in [0, 0.05) is 24.7 Å². The lowest BCUT2D eigenvalue weighted by Gasteiger charge is -2.34. The molecular weight excluding hydrogens is 558 g/mol. The maximum absolute atomic E-state index is 14.1. The minimum Gasteiger partial charge on any atom is -0.454 e. The summed E-state index contributed by atoms with van der Waals surface area (Å²) in [5, 5.41) is 7.50. The molecule has 1 fully saturated rings. The predicted octanol–water partition coefficient (Wildman–Crippen LogP) is 5.04. The van der Waals surface area contributed by atoms with Crippen molar-refractivity contribution in [1.29, 1.82) is 0 Å². The van der Waals surface area contributed by atoms with Crippen molar-refractivity contribution in [2.24, 2.45) is 4.99 Å². The SMILES string of the molecule is CC#CCn1c(N2CCC[C@@H](NC(=O)OC(C)(C)C)C2)nc2cnn(CC3=Nc4ccccc4Oc4ccccc43)c(=O)c21. The largest absolute Gasteiger partial charge is 0.454 e. The summed E-state index contributed by atoms with van der Waals surface area (Å²) >= 11 is 0. The van der Waals surface area contributed by atoms with Crippen LogP contribution in [0.2, 0.25) is 0 Å². The van der Waals surface area contributed by atoms with Crippen LogP contribution in [0.1, 0.15) is 46.1 Å². The van der Waals surface area contributed by atoms with Crippen molar-refractivity contribution < 1.29 is 14.3 Å². The second-order valence-corrected chi connectivity index (χ2v) is 11.8. The molecule has 1 atom stereocenters. The first-order valence-electron chi connectivity index (χ1n) is 14.7. The fourth-order valence-corrected chi connectivity index (χ4v) is 5.50. The molecule has 1 amide bonds. The molecule has 0 aliphatic carbocycles. The van der Waals surface area contributed by atoms with Gasteiger partial charge in [0.15, 0.2) is 5.75 Å². The molecule has 1 saturated heterocycles. The molecule has 11 nitrogen and oxygen atoms in total. The maximum Gasteiger partial charge on any atom is 0.407 e. The Morgan fingerprint density at radius 2 is 1.91 bits per heavy atom. The Kier molecular flexibility index (Phi) is 7.82. The fourth-order valence-electron chi connectivity index (χ4n) is 5.50. The van der Waals surface area contributed by atoms with E-state index in [0.29, 0.717) is 46.4 Å². The highest BCUT2D eigenvalue weighted by molar-refractivity contribution is 6.05. The Morgan fingerprint density at radius 1 is 1.14 bits per heavy atom. The van der Waals surface area contributed by atoms with Crippen LogP contribution in [-0.2, 0) is 17.8 Å². The number of ether oxygens (including phenoxy) is 2. The highest BCUT2D eigenvalue weighted by Gasteiger charge is 2.28. The molecule has 2 aromatic carbocycles. The number of fused-ring (bicyclic) bond motifs is 3. The number of anilines is 1. The third-order valence-corrected chi connectivity index (χ3v) is 7.41. The Hall–Kier alpha value is -5.11. The molecule has 2 aliphatic heterocycles. The molecule has 0 bridgehead atoms. The molecule has 2 aromatic heterocycles. The standard InChI is InChI=1S/C33H35N7O4/c1-5-6-18-39-29-25(37-31(39)38-17-11-12-22(20-38)35-32(42)44-33(2,3)4)19-34-40(30(29)41)21-26-23-13-7-9-15-27(23)43-28-16-10-8-14-24(28)36-26/h7-10,13-16,19,22H,11-12,17-18,20-21H2,1-4H3,(H,35,42)/t22-/m1/s1. The zero-order valence-corrected chi connectivity index (χ0v) is 25.3. The van der Waals surface area contributed by atoms with Crippen molar-refractivity contribution in [3.63, 3.8) is 0 Å². The van der Waals surface area contributed by atoms with Crippen LogP contribution in [0.15, 0.2) is 64.5 Å². The molecule has 2 aliphatic rings. The van der Waals surface area contributed by atoms with Gasteiger partial charge in [-0.05, 0) is 64.8 Å². The third kappa shape index (κ3) is 6.01. The number of carbonyl (C=O) groups is 1. The number of amides is 1. The van der Waals surface area contributed by atoms with Gasteiger partial charge >= 0.3 is 6.09 Å². The van der Waals surface area contributed by atoms with Gasteiger partial charge in [-0.15, -0.1) is 5.92 Å². The van der Waals surface area contributed by atoms with Gasteiger partial charge in [-0.1, -0.05) is 30.2 Å². The van der Waals surface area contributed by atoms with E-state index in [0.717, 1.165) is 24.9 Å². The molecule has 0 unspecified atom stereocenters. The van der Waals surface area contributed by atoms with Crippen LogP contribution >= 0.6 is 0 Å². The summed E-state index contributed by atoms with van der Waals surface area (Å²) in [6.45, 7) is 8.95. The minimum absolute atomic E-state index is 0.127. The number of imidazole rings is 1. The molecule has 4 heterocycles. The number of alkyl carbamates (subject to hydrolysis) is 1. The Bertz CT molecular complexity index is 1870. The molecular formula is C33H35N7O4. The first-order valence-corrected chi connectivity index (χ1v) is 14.7. The van der Waals surface area contributed by atoms with Crippen molar-refractivity contribution in [3.8, 4) is 23.3 Å². The fraction of sp³-hybridized carbons (Fsp3) is 0.364. The number of hydrogen-bond acceptors (Lipinski definition) is 8. The Labute approximate surface area is 255 Å². The number of hydrogen-bond donors (Lipinski definition) is 1. The summed E-state index contributed by atoms with van der Waals surface area (Å²) in [5.74, 6) is 7.96. The van der Waals surface area contributed by atoms with E-state index < -0.39 is 11.7 Å². The van der Waals surface area contributed by atoms with Gasteiger partial charge in [0.1, 0.15) is 28.1 Å². The molecule has 0 spiro atoms. The Balaban J connectivity index is 1.35. The first-order chi connectivity index (χ1) is 21.2. The normalized spacial score (nSPS) is 16.0. The number of aliphatic imine (C=N–C) groups is 1. The first kappa shape index (κ1) is 29.0. The number of para-hydroxylation sites is 3. The van der Waals surface area contributed by atoms with Crippen molar-refractivity contribution >= 4 is 34.5 Å². The summed E-state index contributed by atoms with van der Waals surface area (Å²) in [6.07, 6.45) is 2.83. The molecule has 6 rings (SSSR count). The summed E-state index contributed by atoms with van der Waals surface area (Å²) in [7, 11) is 0. The van der Waals surface area contributed by atoms with Crippen LogP contribution in [0, 0.1) is 11.8 Å². The van der Waals surface area contributed by atoms with Gasteiger partial charge < -0.3 is 19.7 Å². The predicted molar refractivity (Wildman–Crippen MR) is 169 cm³/mol. The quantitative estimate of drug-likeness (QED) is 0.323. The molecule has 4 aromatic rings. The summed E-state index contributed by atoms with van der Waals surface area (Å²) in [5.41, 5.74) is 2.15. The number of carbonyl (C=O) groups excluding carboxylic acids is 1. The Morgan fingerprint density at radius 3 is 2.70 bits per heavy atom. The number of benzene rings is 2. The van der Waals surface area contributed by atoms with Gasteiger partial charge in [-0.3, -0.25) is 9.36 Å². The van der Waals surface area contributed by atoms with E-state index in [1.54, 1.807) is 13.1 Å². The molecule has 226 valence electrons. The second kappa shape index (κ2) is 11.9. The topological polar surface area (TPSA) is 116 Å².